The number of amides is 1. The Hall–Kier alpha value is -0.870. The average Bonchev–Trinajstić information content (AvgIpc) is 2.84. The Labute approximate surface area is 107 Å². The van der Waals surface area contributed by atoms with Crippen molar-refractivity contribution in [3.05, 3.63) is 21.9 Å². The third-order valence-electron chi connectivity index (χ3n) is 3.84. The molecule has 4 heteroatoms. The number of fused-ring (bicyclic) bond motifs is 1. The third-order valence-corrected chi connectivity index (χ3v) is 4.87. The predicted molar refractivity (Wildman–Crippen MR) is 70.9 cm³/mol. The molecule has 2 N–H and O–H groups in total. The van der Waals surface area contributed by atoms with E-state index in [4.69, 9.17) is 5.73 Å². The maximum atomic E-state index is 12.5. The second kappa shape index (κ2) is 4.78. The Morgan fingerprint density at radius 3 is 3.06 bits per heavy atom. The van der Waals surface area contributed by atoms with Gasteiger partial charge in [-0.05, 0) is 36.8 Å². The molecule has 0 aromatic carbocycles. The molecule has 1 aromatic rings. The number of nitrogens with zero attached hydrogens (tertiary/aromatic N) is 1. The molecule has 2 rings (SSSR count). The summed E-state index contributed by atoms with van der Waals surface area (Å²) in [6, 6.07) is 2.13. The first-order chi connectivity index (χ1) is 8.10. The number of thiophene rings is 1. The summed E-state index contributed by atoms with van der Waals surface area (Å²) in [4.78, 5) is 15.9. The molecule has 1 aliphatic heterocycles. The van der Waals surface area contributed by atoms with E-state index in [9.17, 15) is 4.79 Å². The quantitative estimate of drug-likeness (QED) is 0.894. The summed E-state index contributed by atoms with van der Waals surface area (Å²) >= 11 is 1.80. The Kier molecular flexibility index (Phi) is 3.54. The fourth-order valence-corrected chi connectivity index (χ4v) is 3.08. The summed E-state index contributed by atoms with van der Waals surface area (Å²) in [5, 5.41) is 2.11. The van der Waals surface area contributed by atoms with Crippen LogP contribution in [0.3, 0.4) is 0 Å². The van der Waals surface area contributed by atoms with E-state index >= 15 is 0 Å². The van der Waals surface area contributed by atoms with E-state index in [0.29, 0.717) is 6.54 Å². The van der Waals surface area contributed by atoms with Crippen molar-refractivity contribution in [3.8, 4) is 0 Å². The molecule has 0 radical (unpaired) electrons. The lowest BCUT2D eigenvalue weighted by Crippen LogP contribution is -2.47. The number of rotatable bonds is 3. The summed E-state index contributed by atoms with van der Waals surface area (Å²) in [6.07, 6.45) is 1.79. The smallest absolute Gasteiger partial charge is 0.230 e. The van der Waals surface area contributed by atoms with Crippen molar-refractivity contribution < 1.29 is 4.79 Å². The van der Waals surface area contributed by atoms with Gasteiger partial charge in [0.15, 0.2) is 0 Å². The van der Waals surface area contributed by atoms with Crippen LogP contribution in [0.1, 0.15) is 30.7 Å². The molecule has 17 heavy (non-hydrogen) atoms. The summed E-state index contributed by atoms with van der Waals surface area (Å²) in [5.74, 6) is 0.208. The van der Waals surface area contributed by atoms with Gasteiger partial charge >= 0.3 is 0 Å². The second-order valence-electron chi connectivity index (χ2n) is 4.96. The SMILES string of the molecule is CCC(C)(CN)C(=O)N1CCc2sccc2C1. The molecule has 94 valence electrons. The van der Waals surface area contributed by atoms with Gasteiger partial charge in [0, 0.05) is 24.5 Å². The molecule has 0 saturated heterocycles. The van der Waals surface area contributed by atoms with Crippen molar-refractivity contribution in [2.24, 2.45) is 11.1 Å². The van der Waals surface area contributed by atoms with Gasteiger partial charge in [-0.25, -0.2) is 0 Å². The molecule has 0 aliphatic carbocycles. The van der Waals surface area contributed by atoms with Gasteiger partial charge in [0.1, 0.15) is 0 Å². The maximum Gasteiger partial charge on any atom is 0.230 e. The van der Waals surface area contributed by atoms with Crippen LogP contribution in [0.15, 0.2) is 11.4 Å². The average molecular weight is 252 g/mol. The molecule has 1 aliphatic rings. The molecular formula is C13H20N2OS. The van der Waals surface area contributed by atoms with E-state index in [1.54, 1.807) is 11.3 Å². The Morgan fingerprint density at radius 1 is 1.65 bits per heavy atom. The molecule has 1 aromatic heterocycles. The van der Waals surface area contributed by atoms with Gasteiger partial charge in [-0.2, -0.15) is 0 Å². The number of hydrogen-bond acceptors (Lipinski definition) is 3. The molecule has 2 heterocycles. The Balaban J connectivity index is 2.13. The summed E-state index contributed by atoms with van der Waals surface area (Å²) < 4.78 is 0. The van der Waals surface area contributed by atoms with Crippen molar-refractivity contribution in [2.45, 2.75) is 33.2 Å². The summed E-state index contributed by atoms with van der Waals surface area (Å²) in [6.45, 7) is 6.02. The first-order valence-corrected chi connectivity index (χ1v) is 7.03. The summed E-state index contributed by atoms with van der Waals surface area (Å²) in [5.41, 5.74) is 6.67. The largest absolute Gasteiger partial charge is 0.337 e. The molecule has 1 amide bonds. The third kappa shape index (κ3) is 2.24. The van der Waals surface area contributed by atoms with Crippen LogP contribution in [0, 0.1) is 5.41 Å². The minimum absolute atomic E-state index is 0.208. The molecule has 1 atom stereocenters. The van der Waals surface area contributed by atoms with Crippen LogP contribution in [0.25, 0.3) is 0 Å². The van der Waals surface area contributed by atoms with Gasteiger partial charge in [-0.1, -0.05) is 6.92 Å². The Morgan fingerprint density at radius 2 is 2.41 bits per heavy atom. The first-order valence-electron chi connectivity index (χ1n) is 6.15. The first kappa shape index (κ1) is 12.6. The van der Waals surface area contributed by atoms with Crippen LogP contribution in [0.4, 0.5) is 0 Å². The van der Waals surface area contributed by atoms with E-state index in [1.165, 1.54) is 10.4 Å². The molecule has 0 spiro atoms. The molecule has 3 nitrogen and oxygen atoms in total. The van der Waals surface area contributed by atoms with E-state index in [0.717, 1.165) is 25.9 Å². The lowest BCUT2D eigenvalue weighted by atomic mass is 9.85. The van der Waals surface area contributed by atoms with Gasteiger partial charge in [-0.15, -0.1) is 11.3 Å². The predicted octanol–water partition coefficient (Wildman–Crippen LogP) is 2.01. The monoisotopic (exact) mass is 252 g/mol. The summed E-state index contributed by atoms with van der Waals surface area (Å²) in [7, 11) is 0. The van der Waals surface area contributed by atoms with Gasteiger partial charge in [0.05, 0.1) is 5.41 Å². The lowest BCUT2D eigenvalue weighted by Gasteiger charge is -2.35. The van der Waals surface area contributed by atoms with Gasteiger partial charge in [0.25, 0.3) is 0 Å². The lowest BCUT2D eigenvalue weighted by molar-refractivity contribution is -0.141. The topological polar surface area (TPSA) is 46.3 Å². The highest BCUT2D eigenvalue weighted by molar-refractivity contribution is 7.10. The van der Waals surface area contributed by atoms with Crippen molar-refractivity contribution in [1.29, 1.82) is 0 Å². The van der Waals surface area contributed by atoms with Crippen molar-refractivity contribution >= 4 is 17.2 Å². The maximum absolute atomic E-state index is 12.5. The number of carbonyl (C=O) groups excluding carboxylic acids is 1. The molecule has 0 fully saturated rings. The standard InChI is InChI=1S/C13H20N2OS/c1-3-13(2,9-14)12(16)15-6-4-11-10(8-15)5-7-17-11/h5,7H,3-4,6,8-9,14H2,1-2H3. The van der Waals surface area contributed by atoms with Crippen molar-refractivity contribution in [2.75, 3.05) is 13.1 Å². The van der Waals surface area contributed by atoms with Crippen molar-refractivity contribution in [3.63, 3.8) is 0 Å². The van der Waals surface area contributed by atoms with Crippen molar-refractivity contribution in [1.82, 2.24) is 4.90 Å². The number of hydrogen-bond donors (Lipinski definition) is 1. The number of carbonyl (C=O) groups is 1. The van der Waals surface area contributed by atoms with Crippen LogP contribution in [-0.2, 0) is 17.8 Å². The minimum Gasteiger partial charge on any atom is -0.337 e. The van der Waals surface area contributed by atoms with E-state index in [-0.39, 0.29) is 5.91 Å². The molecule has 0 bridgehead atoms. The van der Waals surface area contributed by atoms with Crippen LogP contribution in [0.2, 0.25) is 0 Å². The Bertz CT molecular complexity index is 409. The van der Waals surface area contributed by atoms with Gasteiger partial charge < -0.3 is 10.6 Å². The van der Waals surface area contributed by atoms with Crippen LogP contribution in [0.5, 0.6) is 0 Å². The molecular weight excluding hydrogens is 232 g/mol. The van der Waals surface area contributed by atoms with Crippen LogP contribution >= 0.6 is 11.3 Å². The minimum atomic E-state index is -0.395. The zero-order valence-corrected chi connectivity index (χ0v) is 11.3. The highest BCUT2D eigenvalue weighted by Crippen LogP contribution is 2.29. The van der Waals surface area contributed by atoms with Crippen LogP contribution < -0.4 is 5.73 Å². The zero-order chi connectivity index (χ0) is 12.5. The second-order valence-corrected chi connectivity index (χ2v) is 5.96. The highest BCUT2D eigenvalue weighted by atomic mass is 32.1. The van der Waals surface area contributed by atoms with Gasteiger partial charge in [-0.3, -0.25) is 4.79 Å². The number of nitrogens with two attached hydrogens (primary N) is 1. The highest BCUT2D eigenvalue weighted by Gasteiger charge is 2.35. The van der Waals surface area contributed by atoms with Gasteiger partial charge in [0.2, 0.25) is 5.91 Å². The van der Waals surface area contributed by atoms with E-state index < -0.39 is 5.41 Å². The van der Waals surface area contributed by atoms with E-state index in [1.807, 2.05) is 18.7 Å². The van der Waals surface area contributed by atoms with Crippen LogP contribution in [-0.4, -0.2) is 23.9 Å². The fourth-order valence-electron chi connectivity index (χ4n) is 2.19. The molecule has 0 saturated carbocycles. The molecule has 1 unspecified atom stereocenters. The van der Waals surface area contributed by atoms with E-state index in [2.05, 4.69) is 11.4 Å². The fraction of sp³-hybridized carbons (Fsp3) is 0.615. The normalized spacial score (nSPS) is 18.6. The zero-order valence-electron chi connectivity index (χ0n) is 10.5.